The van der Waals surface area contributed by atoms with Crippen molar-refractivity contribution in [3.63, 3.8) is 0 Å². The van der Waals surface area contributed by atoms with Crippen molar-refractivity contribution >= 4 is 35.0 Å². The minimum Gasteiger partial charge on any atom is -0.489 e. The Hall–Kier alpha value is -3.73. The summed E-state index contributed by atoms with van der Waals surface area (Å²) in [6, 6.07) is 6.36. The van der Waals surface area contributed by atoms with Gasteiger partial charge >= 0.3 is 0 Å². The van der Waals surface area contributed by atoms with Crippen LogP contribution in [0, 0.1) is 5.95 Å². The van der Waals surface area contributed by atoms with Gasteiger partial charge in [0, 0.05) is 38.4 Å². The molecule has 0 radical (unpaired) electrons. The topological polar surface area (TPSA) is 118 Å². The summed E-state index contributed by atoms with van der Waals surface area (Å²) in [5, 5.41) is 5.81. The molecule has 0 spiro atoms. The number of imidazole rings is 1. The smallest absolute Gasteiger partial charge is 0.277 e. The van der Waals surface area contributed by atoms with Gasteiger partial charge in [0.15, 0.2) is 17.1 Å². The highest BCUT2D eigenvalue weighted by molar-refractivity contribution is 6.30. The van der Waals surface area contributed by atoms with Crippen molar-refractivity contribution in [3.8, 4) is 5.75 Å². The maximum atomic E-state index is 15.0. The molecule has 1 aliphatic heterocycles. The fraction of sp³-hybridized carbons (Fsp3) is 0.348. The number of nitrogens with zero attached hydrogens (tertiary/aromatic N) is 4. The van der Waals surface area contributed by atoms with Crippen molar-refractivity contribution in [1.29, 1.82) is 0 Å². The van der Waals surface area contributed by atoms with Crippen molar-refractivity contribution < 1.29 is 23.5 Å². The Labute approximate surface area is 205 Å². The summed E-state index contributed by atoms with van der Waals surface area (Å²) < 4.78 is 21.7. The third-order valence-electron chi connectivity index (χ3n) is 5.40. The average molecular weight is 503 g/mol. The molecule has 2 N–H and O–H groups in total. The van der Waals surface area contributed by atoms with Crippen LogP contribution in [0.15, 0.2) is 36.7 Å². The highest BCUT2D eigenvalue weighted by Gasteiger charge is 2.25. The lowest BCUT2D eigenvalue weighted by atomic mass is 10.2. The summed E-state index contributed by atoms with van der Waals surface area (Å²) in [5.41, 5.74) is 0.0550. The number of carbonyl (C=O) groups is 3. The first-order valence-electron chi connectivity index (χ1n) is 11.2. The van der Waals surface area contributed by atoms with Crippen LogP contribution in [0.25, 0.3) is 5.65 Å². The number of fused-ring (bicyclic) bond motifs is 2. The van der Waals surface area contributed by atoms with Gasteiger partial charge in [0.2, 0.25) is 11.9 Å². The van der Waals surface area contributed by atoms with E-state index >= 15 is 0 Å². The minimum absolute atomic E-state index is 0.129. The highest BCUT2D eigenvalue weighted by Crippen LogP contribution is 2.18. The predicted octanol–water partition coefficient (Wildman–Crippen LogP) is 2.07. The van der Waals surface area contributed by atoms with Gasteiger partial charge in [-0.3, -0.25) is 18.8 Å². The van der Waals surface area contributed by atoms with E-state index in [9.17, 15) is 18.8 Å². The molecule has 0 atom stereocenters. The first-order chi connectivity index (χ1) is 16.9. The summed E-state index contributed by atoms with van der Waals surface area (Å²) in [4.78, 5) is 47.6. The molecule has 0 saturated heterocycles. The van der Waals surface area contributed by atoms with Gasteiger partial charge in [0.25, 0.3) is 11.8 Å². The molecule has 3 aromatic heterocycles. The largest absolute Gasteiger partial charge is 0.489 e. The molecule has 0 aromatic carbocycles. The molecular formula is C23H24ClFN6O4. The van der Waals surface area contributed by atoms with Crippen LogP contribution in [0.5, 0.6) is 5.75 Å². The van der Waals surface area contributed by atoms with Crippen molar-refractivity contribution in [2.45, 2.75) is 19.3 Å². The van der Waals surface area contributed by atoms with Gasteiger partial charge in [-0.15, -0.1) is 0 Å². The normalized spacial score (nSPS) is 16.2. The van der Waals surface area contributed by atoms with Crippen molar-refractivity contribution in [3.05, 3.63) is 59.0 Å². The Morgan fingerprint density at radius 1 is 1.11 bits per heavy atom. The van der Waals surface area contributed by atoms with Gasteiger partial charge in [-0.2, -0.15) is 4.39 Å². The van der Waals surface area contributed by atoms with Crippen LogP contribution in [-0.4, -0.2) is 69.8 Å². The molecule has 3 amide bonds. The molecule has 0 fully saturated rings. The van der Waals surface area contributed by atoms with Crippen LogP contribution < -0.4 is 15.4 Å². The van der Waals surface area contributed by atoms with Crippen LogP contribution >= 0.6 is 11.6 Å². The molecule has 184 valence electrons. The molecule has 0 saturated carbocycles. The number of ether oxygens (including phenoxy) is 1. The van der Waals surface area contributed by atoms with Gasteiger partial charge in [-0.1, -0.05) is 11.6 Å². The lowest BCUT2D eigenvalue weighted by molar-refractivity contribution is -0.121. The van der Waals surface area contributed by atoms with E-state index in [2.05, 4.69) is 20.6 Å². The summed E-state index contributed by atoms with van der Waals surface area (Å²) >= 11 is 5.94. The maximum Gasteiger partial charge on any atom is 0.277 e. The lowest BCUT2D eigenvalue weighted by Crippen LogP contribution is -2.37. The molecule has 10 nitrogen and oxygen atoms in total. The third-order valence-corrected chi connectivity index (χ3v) is 5.63. The second kappa shape index (κ2) is 11.1. The number of nitrogens with one attached hydrogen (secondary N) is 2. The van der Waals surface area contributed by atoms with Gasteiger partial charge < -0.3 is 20.3 Å². The first-order valence-corrected chi connectivity index (χ1v) is 11.6. The Kier molecular flexibility index (Phi) is 7.76. The van der Waals surface area contributed by atoms with Crippen molar-refractivity contribution in [2.24, 2.45) is 0 Å². The number of amides is 3. The molecule has 4 rings (SSSR count). The Morgan fingerprint density at radius 3 is 2.80 bits per heavy atom. The van der Waals surface area contributed by atoms with Crippen molar-refractivity contribution in [2.75, 3.05) is 32.8 Å². The molecule has 12 heteroatoms. The zero-order valence-corrected chi connectivity index (χ0v) is 19.6. The maximum absolute atomic E-state index is 15.0. The highest BCUT2D eigenvalue weighted by atomic mass is 35.5. The molecule has 1 aliphatic rings. The van der Waals surface area contributed by atoms with E-state index in [4.69, 9.17) is 16.3 Å². The van der Waals surface area contributed by atoms with E-state index < -0.39 is 17.8 Å². The Balaban J connectivity index is 1.51. The SMILES string of the molecule is O=C1CCCN(C(=O)c2nc3ccc(Cl)cn3c2F)CCCNC(=O)c2ncccc2OCCN1. The molecule has 0 aliphatic carbocycles. The lowest BCUT2D eigenvalue weighted by Gasteiger charge is -2.22. The average Bonchev–Trinajstić information content (AvgIpc) is 3.18. The number of hydrogen-bond donors (Lipinski definition) is 2. The molecule has 35 heavy (non-hydrogen) atoms. The van der Waals surface area contributed by atoms with E-state index in [0.29, 0.717) is 23.6 Å². The van der Waals surface area contributed by atoms with Gasteiger partial charge in [0.1, 0.15) is 12.3 Å². The van der Waals surface area contributed by atoms with Crippen molar-refractivity contribution in [1.82, 2.24) is 29.9 Å². The predicted molar refractivity (Wildman–Crippen MR) is 125 cm³/mol. The summed E-state index contributed by atoms with van der Waals surface area (Å²) in [6.45, 7) is 1.10. The van der Waals surface area contributed by atoms with Crippen LogP contribution in [0.3, 0.4) is 0 Å². The number of aromatic nitrogens is 3. The monoisotopic (exact) mass is 502 g/mol. The van der Waals surface area contributed by atoms with E-state index in [0.717, 1.165) is 4.40 Å². The van der Waals surface area contributed by atoms with E-state index in [1.54, 1.807) is 18.2 Å². The Morgan fingerprint density at radius 2 is 1.94 bits per heavy atom. The zero-order valence-electron chi connectivity index (χ0n) is 18.8. The fourth-order valence-electron chi connectivity index (χ4n) is 3.69. The van der Waals surface area contributed by atoms with Crippen LogP contribution in [-0.2, 0) is 4.79 Å². The summed E-state index contributed by atoms with van der Waals surface area (Å²) in [5.74, 6) is -1.72. The van der Waals surface area contributed by atoms with Gasteiger partial charge in [-0.05, 0) is 37.1 Å². The second-order valence-electron chi connectivity index (χ2n) is 7.88. The summed E-state index contributed by atoms with van der Waals surface area (Å²) in [7, 11) is 0. The van der Waals surface area contributed by atoms with E-state index in [-0.39, 0.29) is 62.1 Å². The molecule has 4 heterocycles. The van der Waals surface area contributed by atoms with Crippen LogP contribution in [0.2, 0.25) is 5.02 Å². The third kappa shape index (κ3) is 5.86. The van der Waals surface area contributed by atoms with Crippen LogP contribution in [0.1, 0.15) is 40.2 Å². The molecular weight excluding hydrogens is 479 g/mol. The van der Waals surface area contributed by atoms with Crippen LogP contribution in [0.4, 0.5) is 4.39 Å². The minimum atomic E-state index is -0.812. The van der Waals surface area contributed by atoms with E-state index in [1.807, 2.05) is 0 Å². The first kappa shape index (κ1) is 24.4. The molecule has 0 unspecified atom stereocenters. The zero-order chi connectivity index (χ0) is 24.8. The summed E-state index contributed by atoms with van der Waals surface area (Å²) in [6.07, 6.45) is 3.78. The molecule has 0 bridgehead atoms. The molecule has 3 aromatic rings. The second-order valence-corrected chi connectivity index (χ2v) is 8.32. The number of hydrogen-bond acceptors (Lipinski definition) is 6. The number of carbonyl (C=O) groups excluding carboxylic acids is 3. The quantitative estimate of drug-likeness (QED) is 0.526. The number of pyridine rings is 2. The van der Waals surface area contributed by atoms with Gasteiger partial charge in [0.05, 0.1) is 11.6 Å². The number of rotatable bonds is 1. The number of halogens is 2. The Bertz CT molecular complexity index is 1250. The fourth-order valence-corrected chi connectivity index (χ4v) is 3.85. The van der Waals surface area contributed by atoms with Gasteiger partial charge in [-0.25, -0.2) is 9.97 Å². The standard InChI is InChI=1S/C23H24ClFN6O4/c24-15-6-7-17-29-20(21(25)31(17)14-15)23(34)30-11-2-5-18(32)26-10-13-35-16-4-1-8-27-19(16)22(33)28-9-3-12-30/h1,4,6-8,14H,2-3,5,9-13H2,(H,26,32)(H,28,33). The van der Waals surface area contributed by atoms with E-state index in [1.165, 1.54) is 23.4 Å².